The number of esters is 1. The van der Waals surface area contributed by atoms with E-state index in [-0.39, 0.29) is 46.3 Å². The SMILES string of the molecule is COc1cc2c(c([C@H]3OC(=O)c4c(O)cc(C)cc4Oc4c(O)cc(OC)cc4[C@@H]3O)c1)Cc1c(O)cc(C)cc1O2. The van der Waals surface area contributed by atoms with E-state index in [9.17, 15) is 25.2 Å². The topological polar surface area (TPSA) is 144 Å². The van der Waals surface area contributed by atoms with Crippen LogP contribution in [0.3, 0.4) is 0 Å². The lowest BCUT2D eigenvalue weighted by Gasteiger charge is -2.30. The summed E-state index contributed by atoms with van der Waals surface area (Å²) >= 11 is 0. The summed E-state index contributed by atoms with van der Waals surface area (Å²) in [6, 6.07) is 12.4. The number of phenols is 3. The molecule has 10 heteroatoms. The number of carbonyl (C=O) groups excluding carboxylic acids is 1. The predicted molar refractivity (Wildman–Crippen MR) is 149 cm³/mol. The number of hydrogen-bond acceptors (Lipinski definition) is 10. The molecule has 0 radical (unpaired) electrons. The number of methoxy groups -OCH3 is 2. The Kier molecular flexibility index (Phi) is 6.50. The molecule has 4 N–H and O–H groups in total. The van der Waals surface area contributed by atoms with E-state index in [0.717, 1.165) is 5.56 Å². The standard InChI is InChI=1S/C32H28O10/c1-14-5-22(33)20-13-18-19(9-17(39-4)12-26(18)40-25(20)7-14)31-29(36)21-10-16(38-3)11-24(35)30(21)41-27-8-15(2)6-23(34)28(27)32(37)42-31/h5-12,29,31,33-36H,13H2,1-4H3/t29-,31+/m0/s1. The highest BCUT2D eigenvalue weighted by Crippen LogP contribution is 2.52. The van der Waals surface area contributed by atoms with Gasteiger partial charge in [0.05, 0.1) is 14.2 Å². The molecule has 6 rings (SSSR count). The first kappa shape index (κ1) is 27.1. The van der Waals surface area contributed by atoms with Gasteiger partial charge in [0.15, 0.2) is 17.6 Å². The summed E-state index contributed by atoms with van der Waals surface area (Å²) < 4.78 is 29.0. The number of benzene rings is 4. The highest BCUT2D eigenvalue weighted by atomic mass is 16.6. The van der Waals surface area contributed by atoms with Crippen LogP contribution in [0.25, 0.3) is 0 Å². The zero-order valence-corrected chi connectivity index (χ0v) is 23.2. The smallest absolute Gasteiger partial charge is 0.346 e. The molecule has 0 aromatic heterocycles. The van der Waals surface area contributed by atoms with Crippen molar-refractivity contribution in [2.75, 3.05) is 14.2 Å². The maximum absolute atomic E-state index is 13.7. The van der Waals surface area contributed by atoms with Crippen LogP contribution in [0.2, 0.25) is 0 Å². The number of aliphatic hydroxyl groups excluding tert-OH is 1. The number of fused-ring (bicyclic) bond motifs is 4. The van der Waals surface area contributed by atoms with Crippen LogP contribution in [0.15, 0.2) is 48.5 Å². The Bertz CT molecular complexity index is 1760. The number of carbonyl (C=O) groups is 1. The summed E-state index contributed by atoms with van der Waals surface area (Å²) in [5.74, 6) is -0.500. The van der Waals surface area contributed by atoms with Gasteiger partial charge in [0.25, 0.3) is 0 Å². The van der Waals surface area contributed by atoms with Gasteiger partial charge in [-0.1, -0.05) is 0 Å². The maximum atomic E-state index is 13.7. The first-order valence-electron chi connectivity index (χ1n) is 13.1. The minimum absolute atomic E-state index is 0.0343. The molecular weight excluding hydrogens is 544 g/mol. The summed E-state index contributed by atoms with van der Waals surface area (Å²) in [4.78, 5) is 13.7. The maximum Gasteiger partial charge on any atom is 0.346 e. The van der Waals surface area contributed by atoms with Crippen molar-refractivity contribution in [3.63, 3.8) is 0 Å². The largest absolute Gasteiger partial charge is 0.508 e. The second-order valence-electron chi connectivity index (χ2n) is 10.3. The molecule has 10 nitrogen and oxygen atoms in total. The van der Waals surface area contributed by atoms with E-state index in [1.165, 1.54) is 38.5 Å². The molecule has 0 fully saturated rings. The van der Waals surface area contributed by atoms with Crippen LogP contribution >= 0.6 is 0 Å². The van der Waals surface area contributed by atoms with E-state index in [4.69, 9.17) is 23.7 Å². The monoisotopic (exact) mass is 572 g/mol. The van der Waals surface area contributed by atoms with Crippen molar-refractivity contribution >= 4 is 5.97 Å². The van der Waals surface area contributed by atoms with Crippen molar-refractivity contribution in [3.05, 3.63) is 87.5 Å². The lowest BCUT2D eigenvalue weighted by molar-refractivity contribution is -0.0214. The minimum atomic E-state index is -1.60. The van der Waals surface area contributed by atoms with E-state index in [2.05, 4.69) is 0 Å². The molecule has 0 saturated carbocycles. The van der Waals surface area contributed by atoms with Crippen LogP contribution < -0.4 is 18.9 Å². The molecule has 4 aromatic carbocycles. The third kappa shape index (κ3) is 4.46. The molecular formula is C32H28O10. The van der Waals surface area contributed by atoms with Crippen molar-refractivity contribution in [2.45, 2.75) is 32.5 Å². The molecule has 2 heterocycles. The number of rotatable bonds is 3. The fraction of sp³-hybridized carbons (Fsp3) is 0.219. The third-order valence-electron chi connectivity index (χ3n) is 7.45. The second kappa shape index (κ2) is 10.1. The molecule has 2 aliphatic heterocycles. The number of aromatic hydroxyl groups is 3. The number of aliphatic hydroxyl groups is 1. The third-order valence-corrected chi connectivity index (χ3v) is 7.45. The van der Waals surface area contributed by atoms with Crippen LogP contribution in [0.5, 0.6) is 51.7 Å². The molecule has 42 heavy (non-hydrogen) atoms. The van der Waals surface area contributed by atoms with Gasteiger partial charge in [-0.3, -0.25) is 0 Å². The van der Waals surface area contributed by atoms with Gasteiger partial charge in [-0.25, -0.2) is 4.79 Å². The highest BCUT2D eigenvalue weighted by molar-refractivity contribution is 5.96. The first-order valence-corrected chi connectivity index (χ1v) is 13.1. The fourth-order valence-corrected chi connectivity index (χ4v) is 5.44. The van der Waals surface area contributed by atoms with Gasteiger partial charge >= 0.3 is 5.97 Å². The average molecular weight is 573 g/mol. The van der Waals surface area contributed by atoms with Gasteiger partial charge in [0.2, 0.25) is 0 Å². The first-order chi connectivity index (χ1) is 20.1. The molecule has 2 atom stereocenters. The number of aryl methyl sites for hydroxylation is 2. The molecule has 0 unspecified atom stereocenters. The Labute approximate surface area is 240 Å². The molecule has 4 aromatic rings. The Morgan fingerprint density at radius 1 is 0.714 bits per heavy atom. The van der Waals surface area contributed by atoms with Gasteiger partial charge in [-0.05, 0) is 61.4 Å². The number of cyclic esters (lactones) is 1. The van der Waals surface area contributed by atoms with E-state index in [1.807, 2.05) is 6.92 Å². The molecule has 0 spiro atoms. The van der Waals surface area contributed by atoms with Crippen LogP contribution in [0, 0.1) is 13.8 Å². The van der Waals surface area contributed by atoms with Crippen molar-refractivity contribution in [1.29, 1.82) is 0 Å². The Balaban J connectivity index is 1.60. The quantitative estimate of drug-likeness (QED) is 0.194. The molecule has 216 valence electrons. The zero-order chi connectivity index (χ0) is 29.9. The lowest BCUT2D eigenvalue weighted by Crippen LogP contribution is -2.21. The van der Waals surface area contributed by atoms with Crippen molar-refractivity contribution < 1.29 is 48.9 Å². The van der Waals surface area contributed by atoms with Crippen molar-refractivity contribution in [3.8, 4) is 51.7 Å². The summed E-state index contributed by atoms with van der Waals surface area (Å²) in [7, 11) is 2.87. The van der Waals surface area contributed by atoms with E-state index in [1.54, 1.807) is 31.2 Å². The molecule has 0 aliphatic carbocycles. The number of hydrogen-bond donors (Lipinski definition) is 4. The van der Waals surface area contributed by atoms with Gasteiger partial charge in [-0.2, -0.15) is 0 Å². The molecule has 0 bridgehead atoms. The summed E-state index contributed by atoms with van der Waals surface area (Å²) in [5, 5.41) is 44.4. The minimum Gasteiger partial charge on any atom is -0.508 e. The van der Waals surface area contributed by atoms with E-state index in [0.29, 0.717) is 39.5 Å². The zero-order valence-electron chi connectivity index (χ0n) is 23.2. The number of phenolic OH excluding ortho intramolecular Hbond substituents is 3. The van der Waals surface area contributed by atoms with E-state index >= 15 is 0 Å². The van der Waals surface area contributed by atoms with Crippen LogP contribution in [0.1, 0.15) is 55.9 Å². The van der Waals surface area contributed by atoms with E-state index < -0.39 is 23.9 Å². The van der Waals surface area contributed by atoms with Gasteiger partial charge in [0, 0.05) is 40.8 Å². The highest BCUT2D eigenvalue weighted by Gasteiger charge is 2.38. The van der Waals surface area contributed by atoms with Gasteiger partial charge in [-0.15, -0.1) is 0 Å². The fourth-order valence-electron chi connectivity index (χ4n) is 5.44. The molecule has 0 saturated heterocycles. The Morgan fingerprint density at radius 3 is 2.05 bits per heavy atom. The predicted octanol–water partition coefficient (Wildman–Crippen LogP) is 5.87. The normalized spacial score (nSPS) is 17.0. The van der Waals surface area contributed by atoms with Crippen molar-refractivity contribution in [2.24, 2.45) is 0 Å². The Hall–Kier alpha value is -5.09. The van der Waals surface area contributed by atoms with Gasteiger partial charge < -0.3 is 44.1 Å². The van der Waals surface area contributed by atoms with Crippen LogP contribution in [-0.4, -0.2) is 40.6 Å². The molecule has 2 aliphatic rings. The van der Waals surface area contributed by atoms with Gasteiger partial charge in [0.1, 0.15) is 51.9 Å². The molecule has 0 amide bonds. The average Bonchev–Trinajstić information content (AvgIpc) is 2.98. The summed E-state index contributed by atoms with van der Waals surface area (Å²) in [6.45, 7) is 3.53. The summed E-state index contributed by atoms with van der Waals surface area (Å²) in [6.07, 6.45) is -2.84. The van der Waals surface area contributed by atoms with Crippen molar-refractivity contribution in [1.82, 2.24) is 0 Å². The number of ether oxygens (including phenoxy) is 5. The van der Waals surface area contributed by atoms with Crippen LogP contribution in [0.4, 0.5) is 0 Å². The Morgan fingerprint density at radius 2 is 1.33 bits per heavy atom. The lowest BCUT2D eigenvalue weighted by atomic mass is 9.88. The van der Waals surface area contributed by atoms with Crippen LogP contribution in [-0.2, 0) is 11.2 Å². The summed E-state index contributed by atoms with van der Waals surface area (Å²) in [5.41, 5.74) is 2.53. The second-order valence-corrected chi connectivity index (χ2v) is 10.3.